The van der Waals surface area contributed by atoms with Crippen LogP contribution < -0.4 is 10.6 Å². The van der Waals surface area contributed by atoms with Gasteiger partial charge >= 0.3 is 6.03 Å². The molecule has 3 amide bonds. The summed E-state index contributed by atoms with van der Waals surface area (Å²) < 4.78 is 0. The van der Waals surface area contributed by atoms with Crippen molar-refractivity contribution in [3.05, 3.63) is 0 Å². The fourth-order valence-corrected chi connectivity index (χ4v) is 3.72. The summed E-state index contributed by atoms with van der Waals surface area (Å²) >= 11 is 0. The van der Waals surface area contributed by atoms with E-state index in [-0.39, 0.29) is 5.91 Å². The van der Waals surface area contributed by atoms with Crippen molar-refractivity contribution in [2.24, 2.45) is 5.92 Å². The van der Waals surface area contributed by atoms with Crippen LogP contribution in [0.3, 0.4) is 0 Å². The number of imide groups is 1. The van der Waals surface area contributed by atoms with E-state index < -0.39 is 17.2 Å². The molecule has 5 heteroatoms. The number of aliphatic hydroxyl groups is 1. The predicted molar refractivity (Wildman–Crippen MR) is 55.5 cm³/mol. The van der Waals surface area contributed by atoms with Gasteiger partial charge in [-0.2, -0.15) is 0 Å². The summed E-state index contributed by atoms with van der Waals surface area (Å²) in [6.45, 7) is 0. The van der Waals surface area contributed by atoms with Gasteiger partial charge < -0.3 is 10.4 Å². The van der Waals surface area contributed by atoms with Gasteiger partial charge in [-0.15, -0.1) is 0 Å². The van der Waals surface area contributed by atoms with E-state index >= 15 is 0 Å². The van der Waals surface area contributed by atoms with Gasteiger partial charge in [0.25, 0.3) is 5.91 Å². The highest BCUT2D eigenvalue weighted by molar-refractivity contribution is 6.07. The van der Waals surface area contributed by atoms with Gasteiger partial charge in [0.15, 0.2) is 0 Å². The Kier molecular flexibility index (Phi) is 1.87. The molecule has 5 nitrogen and oxygen atoms in total. The minimum absolute atomic E-state index is 0.262. The molecule has 3 N–H and O–H groups in total. The minimum Gasteiger partial charge on any atom is -0.390 e. The van der Waals surface area contributed by atoms with Crippen molar-refractivity contribution >= 4 is 11.9 Å². The molecule has 3 aliphatic rings. The quantitative estimate of drug-likeness (QED) is 0.517. The van der Waals surface area contributed by atoms with E-state index in [9.17, 15) is 14.7 Å². The third-order valence-electron chi connectivity index (χ3n) is 4.21. The van der Waals surface area contributed by atoms with Crippen LogP contribution in [0.15, 0.2) is 0 Å². The Morgan fingerprint density at radius 1 is 1.31 bits per heavy atom. The standard InChI is InChI=1S/C11H16N2O3/c14-8-11(13-9(15)12-8)5-7-2-1-3-10(16,4-7)6-11/h7,16H,1-6H2,(H2,12,13,14,15)/t7-,10-,11+/m1/s1. The summed E-state index contributed by atoms with van der Waals surface area (Å²) in [5.74, 6) is 0.0965. The van der Waals surface area contributed by atoms with Gasteiger partial charge in [-0.05, 0) is 25.2 Å². The Labute approximate surface area is 93.6 Å². The minimum atomic E-state index is -0.838. The second-order valence-electron chi connectivity index (χ2n) is 5.56. The molecular formula is C11H16N2O3. The zero-order chi connectivity index (χ0) is 11.4. The van der Waals surface area contributed by atoms with Gasteiger partial charge in [0, 0.05) is 6.42 Å². The van der Waals surface area contributed by atoms with Crippen molar-refractivity contribution in [2.45, 2.75) is 49.7 Å². The highest BCUT2D eigenvalue weighted by Crippen LogP contribution is 2.47. The van der Waals surface area contributed by atoms with E-state index in [0.717, 1.165) is 25.7 Å². The molecule has 1 spiro atoms. The van der Waals surface area contributed by atoms with Gasteiger partial charge in [-0.25, -0.2) is 4.79 Å². The molecule has 1 aliphatic heterocycles. The van der Waals surface area contributed by atoms with E-state index in [2.05, 4.69) is 10.6 Å². The number of nitrogens with one attached hydrogen (secondary N) is 2. The normalized spacial score (nSPS) is 46.7. The fraction of sp³-hybridized carbons (Fsp3) is 0.818. The molecule has 2 bridgehead atoms. The molecule has 1 heterocycles. The monoisotopic (exact) mass is 224 g/mol. The highest BCUT2D eigenvalue weighted by Gasteiger charge is 2.56. The van der Waals surface area contributed by atoms with E-state index in [1.165, 1.54) is 0 Å². The zero-order valence-electron chi connectivity index (χ0n) is 9.08. The summed E-state index contributed by atoms with van der Waals surface area (Å²) in [6.07, 6.45) is 4.63. The second-order valence-corrected chi connectivity index (χ2v) is 5.56. The molecule has 0 unspecified atom stereocenters. The number of hydrogen-bond donors (Lipinski definition) is 3. The first kappa shape index (κ1) is 10.1. The molecule has 0 aromatic rings. The molecule has 88 valence electrons. The lowest BCUT2D eigenvalue weighted by atomic mass is 9.62. The van der Waals surface area contributed by atoms with Crippen LogP contribution in [0.25, 0.3) is 0 Å². The lowest BCUT2D eigenvalue weighted by Crippen LogP contribution is -2.59. The SMILES string of the molecule is O=C1NC(=O)[C@@]2(C[C@@H]3CCC[C@@](O)(C3)C2)N1. The average Bonchev–Trinajstić information content (AvgIpc) is 2.38. The van der Waals surface area contributed by atoms with Crippen molar-refractivity contribution in [2.75, 3.05) is 0 Å². The molecule has 0 aromatic carbocycles. The van der Waals surface area contributed by atoms with E-state index in [0.29, 0.717) is 18.8 Å². The molecular weight excluding hydrogens is 208 g/mol. The number of fused-ring (bicyclic) bond motifs is 2. The number of hydrogen-bond acceptors (Lipinski definition) is 3. The van der Waals surface area contributed by atoms with Crippen molar-refractivity contribution in [1.29, 1.82) is 0 Å². The van der Waals surface area contributed by atoms with E-state index in [1.54, 1.807) is 0 Å². The van der Waals surface area contributed by atoms with Crippen molar-refractivity contribution in [3.63, 3.8) is 0 Å². The van der Waals surface area contributed by atoms with Gasteiger partial charge in [0.05, 0.1) is 5.60 Å². The molecule has 1 saturated heterocycles. The summed E-state index contributed by atoms with van der Waals surface area (Å²) in [7, 11) is 0. The summed E-state index contributed by atoms with van der Waals surface area (Å²) in [5, 5.41) is 15.4. The first-order valence-corrected chi connectivity index (χ1v) is 5.87. The molecule has 2 saturated carbocycles. The molecule has 0 radical (unpaired) electrons. The lowest BCUT2D eigenvalue weighted by molar-refractivity contribution is -0.135. The average molecular weight is 224 g/mol. The van der Waals surface area contributed by atoms with Crippen molar-refractivity contribution in [1.82, 2.24) is 10.6 Å². The van der Waals surface area contributed by atoms with Crippen molar-refractivity contribution in [3.8, 4) is 0 Å². The van der Waals surface area contributed by atoms with E-state index in [1.807, 2.05) is 0 Å². The number of amides is 3. The summed E-state index contributed by atoms with van der Waals surface area (Å²) in [5.41, 5.74) is -1.59. The molecule has 3 fully saturated rings. The Morgan fingerprint density at radius 3 is 2.75 bits per heavy atom. The Morgan fingerprint density at radius 2 is 2.12 bits per heavy atom. The van der Waals surface area contributed by atoms with Crippen LogP contribution in [0.5, 0.6) is 0 Å². The topological polar surface area (TPSA) is 78.4 Å². The molecule has 16 heavy (non-hydrogen) atoms. The third-order valence-corrected chi connectivity index (χ3v) is 4.21. The molecule has 2 aliphatic carbocycles. The van der Waals surface area contributed by atoms with E-state index in [4.69, 9.17) is 0 Å². The third kappa shape index (κ3) is 1.34. The first-order valence-electron chi connectivity index (χ1n) is 5.87. The zero-order valence-corrected chi connectivity index (χ0v) is 9.08. The van der Waals surface area contributed by atoms with Gasteiger partial charge in [-0.1, -0.05) is 12.8 Å². The number of rotatable bonds is 0. The maximum atomic E-state index is 11.8. The van der Waals surface area contributed by atoms with Crippen LogP contribution in [-0.4, -0.2) is 28.2 Å². The van der Waals surface area contributed by atoms with Gasteiger partial charge in [-0.3, -0.25) is 10.1 Å². The Hall–Kier alpha value is -1.10. The van der Waals surface area contributed by atoms with Crippen LogP contribution in [-0.2, 0) is 4.79 Å². The predicted octanol–water partition coefficient (Wildman–Crippen LogP) is 0.280. The molecule has 3 atom stereocenters. The van der Waals surface area contributed by atoms with Crippen LogP contribution >= 0.6 is 0 Å². The maximum Gasteiger partial charge on any atom is 0.322 e. The van der Waals surface area contributed by atoms with Gasteiger partial charge in [0.1, 0.15) is 5.54 Å². The van der Waals surface area contributed by atoms with Crippen LogP contribution in [0.2, 0.25) is 0 Å². The van der Waals surface area contributed by atoms with Crippen LogP contribution in [0.1, 0.15) is 38.5 Å². The smallest absolute Gasteiger partial charge is 0.322 e. The van der Waals surface area contributed by atoms with Crippen molar-refractivity contribution < 1.29 is 14.7 Å². The Bertz CT molecular complexity index is 370. The Balaban J connectivity index is 1.92. The maximum absolute atomic E-state index is 11.8. The largest absolute Gasteiger partial charge is 0.390 e. The second kappa shape index (κ2) is 2.97. The summed E-state index contributed by atoms with van der Waals surface area (Å²) in [4.78, 5) is 23.1. The first-order chi connectivity index (χ1) is 7.51. The van der Waals surface area contributed by atoms with Crippen LogP contribution in [0, 0.1) is 5.92 Å². The van der Waals surface area contributed by atoms with Crippen LogP contribution in [0.4, 0.5) is 4.79 Å². The summed E-state index contributed by atoms with van der Waals surface area (Å²) in [6, 6.07) is -0.423. The lowest BCUT2D eigenvalue weighted by Gasteiger charge is -2.48. The number of carbonyl (C=O) groups is 2. The van der Waals surface area contributed by atoms with Gasteiger partial charge in [0.2, 0.25) is 0 Å². The number of carbonyl (C=O) groups excluding carboxylic acids is 2. The fourth-order valence-electron chi connectivity index (χ4n) is 3.72. The molecule has 0 aromatic heterocycles. The highest BCUT2D eigenvalue weighted by atomic mass is 16.3. The molecule has 3 rings (SSSR count). The number of urea groups is 1.